The largest absolute Gasteiger partial charge is 0.493 e. The smallest absolute Gasteiger partial charge is 0.119 e. The van der Waals surface area contributed by atoms with E-state index in [1.165, 1.54) is 42.6 Å². The van der Waals surface area contributed by atoms with Crippen LogP contribution < -0.4 is 4.74 Å². The van der Waals surface area contributed by atoms with E-state index in [0.717, 1.165) is 67.3 Å². The van der Waals surface area contributed by atoms with Crippen molar-refractivity contribution in [1.82, 2.24) is 14.2 Å². The third kappa shape index (κ3) is 7.23. The quantitative estimate of drug-likeness (QED) is 0.301. The molecule has 184 valence electrons. The highest BCUT2D eigenvalue weighted by atomic mass is 35.5. The Hall–Kier alpha value is -2.05. The molecule has 0 unspecified atom stereocenters. The second-order valence-electron chi connectivity index (χ2n) is 9.64. The van der Waals surface area contributed by atoms with Gasteiger partial charge in [0, 0.05) is 54.4 Å². The maximum Gasteiger partial charge on any atom is 0.119 e. The van der Waals surface area contributed by atoms with Crippen molar-refractivity contribution in [3.8, 4) is 17.0 Å². The third-order valence-electron chi connectivity index (χ3n) is 6.97. The number of rotatable bonds is 8. The second kappa shape index (κ2) is 12.3. The molecular formula is C29H34ClN3OS. The first-order valence-corrected chi connectivity index (χ1v) is 14.0. The summed E-state index contributed by atoms with van der Waals surface area (Å²) < 4.78 is 8.53. The van der Waals surface area contributed by atoms with E-state index in [-0.39, 0.29) is 0 Å². The number of hydrogen-bond acceptors (Lipinski definition) is 5. The van der Waals surface area contributed by atoms with Crippen LogP contribution in [0.25, 0.3) is 11.3 Å². The fraction of sp³-hybridized carbons (Fsp3) is 0.414. The van der Waals surface area contributed by atoms with E-state index in [9.17, 15) is 0 Å². The number of ether oxygens (including phenoxy) is 1. The molecule has 0 bridgehead atoms. The molecule has 3 aromatic rings. The molecule has 1 aliphatic heterocycles. The number of piperazine rings is 1. The molecule has 0 radical (unpaired) electrons. The molecule has 2 heterocycles. The fourth-order valence-electron chi connectivity index (χ4n) is 4.86. The van der Waals surface area contributed by atoms with Gasteiger partial charge in [0.05, 0.1) is 12.3 Å². The summed E-state index contributed by atoms with van der Waals surface area (Å²) in [5.74, 6) is 1.74. The molecule has 2 aromatic carbocycles. The Morgan fingerprint density at radius 1 is 0.857 bits per heavy atom. The van der Waals surface area contributed by atoms with Gasteiger partial charge in [0.25, 0.3) is 0 Å². The Kier molecular flexibility index (Phi) is 8.63. The average Bonchev–Trinajstić information content (AvgIpc) is 2.91. The van der Waals surface area contributed by atoms with Gasteiger partial charge in [0.15, 0.2) is 0 Å². The lowest BCUT2D eigenvalue weighted by atomic mass is 9.90. The van der Waals surface area contributed by atoms with Crippen LogP contribution in [0.3, 0.4) is 0 Å². The zero-order chi connectivity index (χ0) is 23.9. The first-order chi connectivity index (χ1) is 17.2. The molecule has 1 saturated heterocycles. The summed E-state index contributed by atoms with van der Waals surface area (Å²) in [6.45, 7) is 6.05. The van der Waals surface area contributed by atoms with Gasteiger partial charge in [-0.2, -0.15) is 0 Å². The Bertz CT molecular complexity index is 1040. The lowest BCUT2D eigenvalue weighted by Crippen LogP contribution is -2.42. The maximum atomic E-state index is 6.06. The van der Waals surface area contributed by atoms with Crippen molar-refractivity contribution in [2.45, 2.75) is 43.5 Å². The molecule has 0 atom stereocenters. The van der Waals surface area contributed by atoms with Crippen LogP contribution >= 0.6 is 23.5 Å². The van der Waals surface area contributed by atoms with Crippen LogP contribution in [0.4, 0.5) is 0 Å². The van der Waals surface area contributed by atoms with Gasteiger partial charge < -0.3 is 4.74 Å². The van der Waals surface area contributed by atoms with Crippen molar-refractivity contribution in [1.29, 1.82) is 0 Å². The molecule has 1 aromatic heterocycles. The summed E-state index contributed by atoms with van der Waals surface area (Å²) in [6.07, 6.45) is 8.78. The zero-order valence-corrected chi connectivity index (χ0v) is 21.8. The Balaban J connectivity index is 1.04. The van der Waals surface area contributed by atoms with Crippen LogP contribution in [0, 0.1) is 5.92 Å². The topological polar surface area (TPSA) is 28.6 Å². The lowest BCUT2D eigenvalue weighted by molar-refractivity contribution is 0.189. The van der Waals surface area contributed by atoms with Gasteiger partial charge in [0.1, 0.15) is 5.75 Å². The van der Waals surface area contributed by atoms with Crippen molar-refractivity contribution >= 4 is 23.5 Å². The summed E-state index contributed by atoms with van der Waals surface area (Å²) in [5, 5.41) is 0.749. The van der Waals surface area contributed by atoms with Gasteiger partial charge >= 0.3 is 0 Å². The summed E-state index contributed by atoms with van der Waals surface area (Å²) in [6, 6.07) is 20.8. The first kappa shape index (κ1) is 24.6. The van der Waals surface area contributed by atoms with E-state index in [4.69, 9.17) is 16.3 Å². The minimum atomic E-state index is 0.742. The van der Waals surface area contributed by atoms with E-state index in [0.29, 0.717) is 0 Å². The number of hydrogen-bond donors (Lipinski definition) is 0. The molecule has 5 rings (SSSR count). The van der Waals surface area contributed by atoms with E-state index in [1.54, 1.807) is 0 Å². The van der Waals surface area contributed by atoms with E-state index in [2.05, 4.69) is 50.6 Å². The van der Waals surface area contributed by atoms with Gasteiger partial charge in [-0.15, -0.1) is 0 Å². The number of benzene rings is 2. The monoisotopic (exact) mass is 507 g/mol. The van der Waals surface area contributed by atoms with Crippen molar-refractivity contribution in [2.24, 2.45) is 5.92 Å². The van der Waals surface area contributed by atoms with E-state index >= 15 is 0 Å². The molecule has 1 saturated carbocycles. The van der Waals surface area contributed by atoms with Crippen LogP contribution in [0.1, 0.15) is 37.7 Å². The highest BCUT2D eigenvalue weighted by Crippen LogP contribution is 2.28. The molecule has 2 aliphatic rings. The van der Waals surface area contributed by atoms with Gasteiger partial charge in [-0.1, -0.05) is 49.1 Å². The first-order valence-electron chi connectivity index (χ1n) is 12.8. The molecule has 2 fully saturated rings. The van der Waals surface area contributed by atoms with Crippen molar-refractivity contribution in [2.75, 3.05) is 32.8 Å². The highest BCUT2D eigenvalue weighted by molar-refractivity contribution is 7.97. The molecule has 1 aliphatic carbocycles. The average molecular weight is 508 g/mol. The molecule has 0 spiro atoms. The number of aromatic nitrogens is 1. The molecule has 35 heavy (non-hydrogen) atoms. The molecule has 6 heteroatoms. The Morgan fingerprint density at radius 2 is 1.60 bits per heavy atom. The number of pyridine rings is 1. The Labute approximate surface area is 218 Å². The third-order valence-corrected chi connectivity index (χ3v) is 8.33. The van der Waals surface area contributed by atoms with Gasteiger partial charge in [-0.05, 0) is 78.7 Å². The van der Waals surface area contributed by atoms with Gasteiger partial charge in [-0.25, -0.2) is 4.31 Å². The highest BCUT2D eigenvalue weighted by Gasteiger charge is 2.18. The molecule has 0 N–H and O–H groups in total. The van der Waals surface area contributed by atoms with Gasteiger partial charge in [0.2, 0.25) is 0 Å². The normalized spacial score (nSPS) is 18.0. The summed E-state index contributed by atoms with van der Waals surface area (Å²) in [5.41, 5.74) is 3.33. The van der Waals surface area contributed by atoms with E-state index < -0.39 is 0 Å². The maximum absolute atomic E-state index is 6.06. The molecule has 4 nitrogen and oxygen atoms in total. The van der Waals surface area contributed by atoms with Crippen molar-refractivity contribution in [3.63, 3.8) is 0 Å². The molecular weight excluding hydrogens is 474 g/mol. The number of halogens is 1. The van der Waals surface area contributed by atoms with Gasteiger partial charge in [-0.3, -0.25) is 9.88 Å². The van der Waals surface area contributed by atoms with E-state index in [1.807, 2.05) is 42.4 Å². The predicted octanol–water partition coefficient (Wildman–Crippen LogP) is 7.19. The SMILES string of the molecule is Clc1ccc(-c2ccc(CN3CCN(Sc4ccc(OCC5CCCCC5)cc4)CC3)cn2)cc1. The van der Waals surface area contributed by atoms with Crippen LogP contribution in [0.15, 0.2) is 71.8 Å². The lowest BCUT2D eigenvalue weighted by Gasteiger charge is -2.33. The Morgan fingerprint density at radius 3 is 2.29 bits per heavy atom. The zero-order valence-electron chi connectivity index (χ0n) is 20.2. The van der Waals surface area contributed by atoms with Crippen LogP contribution in [0.5, 0.6) is 5.75 Å². The minimum absolute atomic E-state index is 0.742. The fourth-order valence-corrected chi connectivity index (χ4v) is 5.89. The van der Waals surface area contributed by atoms with Crippen LogP contribution in [-0.2, 0) is 6.54 Å². The van der Waals surface area contributed by atoms with Crippen molar-refractivity contribution < 1.29 is 4.74 Å². The molecule has 0 amide bonds. The predicted molar refractivity (Wildman–Crippen MR) is 146 cm³/mol. The second-order valence-corrected chi connectivity index (χ2v) is 11.2. The van der Waals surface area contributed by atoms with Crippen LogP contribution in [-0.4, -0.2) is 47.0 Å². The van der Waals surface area contributed by atoms with Crippen LogP contribution in [0.2, 0.25) is 5.02 Å². The summed E-state index contributed by atoms with van der Waals surface area (Å²) in [4.78, 5) is 8.46. The summed E-state index contributed by atoms with van der Waals surface area (Å²) >= 11 is 7.85. The summed E-state index contributed by atoms with van der Waals surface area (Å²) in [7, 11) is 0. The standard InChI is InChI=1S/C29H34ClN3OS/c30-26-9-7-25(8-10-26)29-15-6-24(20-31-29)21-32-16-18-33(19-17-32)35-28-13-11-27(12-14-28)34-22-23-4-2-1-3-5-23/h6-15,20,23H,1-5,16-19,21-22H2. The minimum Gasteiger partial charge on any atom is -0.493 e. The van der Waals surface area contributed by atoms with Crippen molar-refractivity contribution in [3.05, 3.63) is 77.4 Å². The number of nitrogens with zero attached hydrogens (tertiary/aromatic N) is 3.